The second-order valence-electron chi connectivity index (χ2n) is 9.65. The minimum absolute atomic E-state index is 0.195. The number of nitrogens with zero attached hydrogens (tertiary/aromatic N) is 4. The van der Waals surface area contributed by atoms with Crippen molar-refractivity contribution in [3.05, 3.63) is 69.5 Å². The van der Waals surface area contributed by atoms with Crippen molar-refractivity contribution in [2.75, 3.05) is 22.9 Å². The van der Waals surface area contributed by atoms with Crippen molar-refractivity contribution >= 4 is 63.0 Å². The van der Waals surface area contributed by atoms with Gasteiger partial charge in [-0.05, 0) is 54.5 Å². The lowest BCUT2D eigenvalue weighted by molar-refractivity contribution is 0.839. The average Bonchev–Trinajstić information content (AvgIpc) is 2.85. The molecule has 2 heterocycles. The van der Waals surface area contributed by atoms with Crippen LogP contribution in [0, 0.1) is 13.8 Å². The van der Waals surface area contributed by atoms with E-state index in [9.17, 15) is 0 Å². The first kappa shape index (κ1) is 30.5. The highest BCUT2D eigenvalue weighted by atomic mass is 79.9. The van der Waals surface area contributed by atoms with Gasteiger partial charge in [-0.1, -0.05) is 90.9 Å². The first-order valence-electron chi connectivity index (χ1n) is 12.4. The second-order valence-corrected chi connectivity index (χ2v) is 12.7. The van der Waals surface area contributed by atoms with Crippen LogP contribution < -0.4 is 22.9 Å². The molecule has 8 N–H and O–H groups in total. The fraction of sp³-hybridized carbons (Fsp3) is 0.286. The molecule has 0 saturated carbocycles. The lowest BCUT2D eigenvalue weighted by atomic mass is 10.0. The zero-order valence-electron chi connectivity index (χ0n) is 23.0. The van der Waals surface area contributed by atoms with E-state index in [4.69, 9.17) is 22.9 Å². The Morgan fingerprint density at radius 2 is 1.15 bits per heavy atom. The van der Waals surface area contributed by atoms with Gasteiger partial charge in [0.25, 0.3) is 0 Å². The number of nitrogens with two attached hydrogens (primary N) is 4. The quantitative estimate of drug-likeness (QED) is 0.172. The zero-order chi connectivity index (χ0) is 28.9. The van der Waals surface area contributed by atoms with Crippen molar-refractivity contribution in [2.45, 2.75) is 73.0 Å². The number of anilines is 4. The van der Waals surface area contributed by atoms with Gasteiger partial charge in [-0.2, -0.15) is 9.97 Å². The number of rotatable bonds is 6. The topological polar surface area (TPSA) is 156 Å². The minimum Gasteiger partial charge on any atom is -0.383 e. The van der Waals surface area contributed by atoms with E-state index in [1.807, 2.05) is 0 Å². The minimum atomic E-state index is 0.195. The molecule has 0 atom stereocenters. The number of aryl methyl sites for hydroxylation is 2. The Balaban J connectivity index is 0.000000216. The molecule has 0 aliphatic carbocycles. The Hall–Kier alpha value is -3.02. The van der Waals surface area contributed by atoms with Crippen molar-refractivity contribution in [1.29, 1.82) is 0 Å². The average molecular weight is 628 g/mol. The summed E-state index contributed by atoms with van der Waals surface area (Å²) in [5.74, 6) is 2.12. The van der Waals surface area contributed by atoms with Gasteiger partial charge in [-0.3, -0.25) is 0 Å². The summed E-state index contributed by atoms with van der Waals surface area (Å²) in [4.78, 5) is 20.0. The van der Waals surface area contributed by atoms with Gasteiger partial charge in [-0.25, -0.2) is 9.97 Å². The highest BCUT2D eigenvalue weighted by Gasteiger charge is 2.14. The molecule has 0 amide bonds. The molecule has 2 aromatic carbocycles. The first-order valence-corrected chi connectivity index (χ1v) is 14.8. The van der Waals surface area contributed by atoms with E-state index in [1.165, 1.54) is 27.1 Å². The van der Waals surface area contributed by atoms with Gasteiger partial charge in [0.15, 0.2) is 0 Å². The van der Waals surface area contributed by atoms with E-state index < -0.39 is 0 Å². The summed E-state index contributed by atoms with van der Waals surface area (Å²) < 4.78 is 1.08. The van der Waals surface area contributed by atoms with Crippen molar-refractivity contribution in [2.24, 2.45) is 0 Å². The number of hydrogen-bond donors (Lipinski definition) is 4. The molecule has 4 rings (SSSR count). The summed E-state index contributed by atoms with van der Waals surface area (Å²) in [5.41, 5.74) is 27.9. The van der Waals surface area contributed by atoms with Crippen LogP contribution in [0.2, 0.25) is 0 Å². The summed E-state index contributed by atoms with van der Waals surface area (Å²) >= 11 is 6.72. The maximum absolute atomic E-state index is 5.90. The number of nitrogen functional groups attached to an aromatic ring is 4. The van der Waals surface area contributed by atoms with E-state index >= 15 is 0 Å². The molecule has 0 bridgehead atoms. The van der Waals surface area contributed by atoms with Crippen molar-refractivity contribution in [3.8, 4) is 0 Å². The highest BCUT2D eigenvalue weighted by Crippen LogP contribution is 2.39. The zero-order valence-corrected chi connectivity index (χ0v) is 26.2. The lowest BCUT2D eigenvalue weighted by Gasteiger charge is -2.15. The Morgan fingerprint density at radius 1 is 0.667 bits per heavy atom. The summed E-state index contributed by atoms with van der Waals surface area (Å²) in [6, 6.07) is 10.7. The van der Waals surface area contributed by atoms with E-state index in [0.717, 1.165) is 19.2 Å². The Morgan fingerprint density at radius 3 is 1.64 bits per heavy atom. The van der Waals surface area contributed by atoms with Crippen LogP contribution in [-0.2, 0) is 0 Å². The number of aromatic nitrogens is 4. The van der Waals surface area contributed by atoms with Crippen LogP contribution in [-0.4, -0.2) is 19.9 Å². The smallest absolute Gasteiger partial charge is 0.221 e. The molecule has 2 aromatic heterocycles. The maximum Gasteiger partial charge on any atom is 0.221 e. The van der Waals surface area contributed by atoms with Crippen LogP contribution in [0.25, 0.3) is 0 Å². The van der Waals surface area contributed by atoms with Crippen LogP contribution in [0.3, 0.4) is 0 Å². The molecule has 0 aliphatic rings. The van der Waals surface area contributed by atoms with Crippen molar-refractivity contribution < 1.29 is 0 Å². The third-order valence-electron chi connectivity index (χ3n) is 5.74. The summed E-state index contributed by atoms with van der Waals surface area (Å²) in [6.07, 6.45) is 3.34. The third-order valence-corrected chi connectivity index (χ3v) is 8.83. The molecular formula is C28H35BrN8S2. The predicted octanol–water partition coefficient (Wildman–Crippen LogP) is 7.21. The van der Waals surface area contributed by atoms with Crippen LogP contribution in [0.1, 0.15) is 61.8 Å². The van der Waals surface area contributed by atoms with Gasteiger partial charge >= 0.3 is 0 Å². The molecular weight excluding hydrogens is 592 g/mol. The molecule has 39 heavy (non-hydrogen) atoms. The molecule has 206 valence electrons. The summed E-state index contributed by atoms with van der Waals surface area (Å²) in [7, 11) is 0. The number of halogens is 1. The first-order chi connectivity index (χ1) is 18.3. The Kier molecular flexibility index (Phi) is 10.5. The molecule has 0 saturated heterocycles. The molecule has 0 fully saturated rings. The van der Waals surface area contributed by atoms with Gasteiger partial charge in [0.1, 0.15) is 11.6 Å². The van der Waals surface area contributed by atoms with Gasteiger partial charge in [0, 0.05) is 26.7 Å². The van der Waals surface area contributed by atoms with E-state index in [2.05, 4.69) is 108 Å². The fourth-order valence-corrected chi connectivity index (χ4v) is 6.25. The SMILES string of the molecule is Cc1cc(C(C)C)c(Sc2cnc(N)nc2N)cc1Br.Cc1ccc(Sc2cnc(N)nc2N)c(C(C)C)c1. The van der Waals surface area contributed by atoms with Gasteiger partial charge in [-0.15, -0.1) is 0 Å². The van der Waals surface area contributed by atoms with Gasteiger partial charge in [0.05, 0.1) is 9.79 Å². The summed E-state index contributed by atoms with van der Waals surface area (Å²) in [6.45, 7) is 12.9. The van der Waals surface area contributed by atoms with E-state index in [-0.39, 0.29) is 11.9 Å². The number of hydrogen-bond acceptors (Lipinski definition) is 10. The molecule has 0 aliphatic heterocycles. The maximum atomic E-state index is 5.90. The predicted molar refractivity (Wildman–Crippen MR) is 168 cm³/mol. The Bertz CT molecular complexity index is 1460. The Labute approximate surface area is 247 Å². The molecule has 11 heteroatoms. The summed E-state index contributed by atoms with van der Waals surface area (Å²) in [5, 5.41) is 0. The van der Waals surface area contributed by atoms with Crippen LogP contribution in [0.15, 0.2) is 66.8 Å². The van der Waals surface area contributed by atoms with E-state index in [0.29, 0.717) is 23.5 Å². The third kappa shape index (κ3) is 8.23. The highest BCUT2D eigenvalue weighted by molar-refractivity contribution is 9.10. The lowest BCUT2D eigenvalue weighted by Crippen LogP contribution is -2.01. The standard InChI is InChI=1S/C14H17BrN4S.C14H18N4S/c1-7(2)9-4-8(3)10(15)5-11(9)20-12-6-18-14(17)19-13(12)16;1-8(2)10-6-9(3)4-5-11(10)19-12-7-17-14(16)18-13(12)15/h4-7H,1-3H3,(H4,16,17,18,19);4-8H,1-3H3,(H4,15,16,17,18). The largest absolute Gasteiger partial charge is 0.383 e. The molecule has 0 spiro atoms. The normalized spacial score (nSPS) is 11.0. The molecule has 0 unspecified atom stereocenters. The molecule has 0 radical (unpaired) electrons. The van der Waals surface area contributed by atoms with Crippen LogP contribution in [0.5, 0.6) is 0 Å². The molecule has 4 aromatic rings. The second kappa shape index (κ2) is 13.4. The van der Waals surface area contributed by atoms with Crippen molar-refractivity contribution in [1.82, 2.24) is 19.9 Å². The monoisotopic (exact) mass is 626 g/mol. The van der Waals surface area contributed by atoms with E-state index in [1.54, 1.807) is 35.9 Å². The van der Waals surface area contributed by atoms with Gasteiger partial charge < -0.3 is 22.9 Å². The van der Waals surface area contributed by atoms with Crippen LogP contribution >= 0.6 is 39.5 Å². The number of benzene rings is 2. The van der Waals surface area contributed by atoms with Crippen molar-refractivity contribution in [3.63, 3.8) is 0 Å². The van der Waals surface area contributed by atoms with Gasteiger partial charge in [0.2, 0.25) is 11.9 Å². The fourth-order valence-electron chi connectivity index (χ4n) is 3.63. The molecule has 8 nitrogen and oxygen atoms in total. The van der Waals surface area contributed by atoms with Crippen LogP contribution in [0.4, 0.5) is 23.5 Å².